The lowest BCUT2D eigenvalue weighted by atomic mass is 9.99. The van der Waals surface area contributed by atoms with E-state index in [1.54, 1.807) is 6.07 Å². The molecule has 1 rings (SSSR count). The summed E-state index contributed by atoms with van der Waals surface area (Å²) in [6, 6.07) is 7.52. The third-order valence-corrected chi connectivity index (χ3v) is 3.96. The maximum absolute atomic E-state index is 13.3. The Hall–Kier alpha value is -0.890. The fourth-order valence-electron chi connectivity index (χ4n) is 2.74. The van der Waals surface area contributed by atoms with E-state index >= 15 is 0 Å². The monoisotopic (exact) mass is 293 g/mol. The van der Waals surface area contributed by atoms with Crippen molar-refractivity contribution in [2.24, 2.45) is 0 Å². The molecule has 2 heteroatoms. The van der Waals surface area contributed by atoms with Gasteiger partial charge in [0.15, 0.2) is 0 Å². The molecule has 0 aliphatic rings. The molecule has 21 heavy (non-hydrogen) atoms. The van der Waals surface area contributed by atoms with Gasteiger partial charge in [0.25, 0.3) is 0 Å². The predicted octanol–water partition coefficient (Wildman–Crippen LogP) is 5.49. The number of rotatable bonds is 12. The van der Waals surface area contributed by atoms with Crippen LogP contribution in [-0.2, 0) is 6.42 Å². The number of benzene rings is 1. The van der Waals surface area contributed by atoms with Crippen molar-refractivity contribution in [2.75, 3.05) is 6.54 Å². The molecule has 0 amide bonds. The van der Waals surface area contributed by atoms with E-state index in [4.69, 9.17) is 0 Å². The van der Waals surface area contributed by atoms with Gasteiger partial charge >= 0.3 is 0 Å². The van der Waals surface area contributed by atoms with Crippen molar-refractivity contribution in [3.8, 4) is 0 Å². The molecule has 1 aromatic carbocycles. The van der Waals surface area contributed by atoms with Gasteiger partial charge in [0.2, 0.25) is 0 Å². The Balaban J connectivity index is 2.33. The highest BCUT2D eigenvalue weighted by molar-refractivity contribution is 5.17. The van der Waals surface area contributed by atoms with Crippen LogP contribution in [0, 0.1) is 5.82 Å². The van der Waals surface area contributed by atoms with Crippen LogP contribution < -0.4 is 5.32 Å². The van der Waals surface area contributed by atoms with Crippen molar-refractivity contribution in [3.05, 3.63) is 35.6 Å². The van der Waals surface area contributed by atoms with Crippen molar-refractivity contribution in [1.82, 2.24) is 5.32 Å². The normalized spacial score (nSPS) is 12.5. The first-order valence-electron chi connectivity index (χ1n) is 8.74. The number of unbranched alkanes of at least 4 members (excludes halogenated alkanes) is 5. The van der Waals surface area contributed by atoms with E-state index in [1.165, 1.54) is 51.0 Å². The molecule has 1 aromatic rings. The molecule has 120 valence electrons. The van der Waals surface area contributed by atoms with E-state index in [0.29, 0.717) is 6.04 Å². The topological polar surface area (TPSA) is 12.0 Å². The van der Waals surface area contributed by atoms with Gasteiger partial charge in [-0.1, -0.05) is 64.5 Å². The summed E-state index contributed by atoms with van der Waals surface area (Å²) in [4.78, 5) is 0. The third kappa shape index (κ3) is 8.87. The van der Waals surface area contributed by atoms with Crippen LogP contribution in [0.15, 0.2) is 24.3 Å². The van der Waals surface area contributed by atoms with E-state index in [9.17, 15) is 4.39 Å². The van der Waals surface area contributed by atoms with Gasteiger partial charge in [-0.25, -0.2) is 4.39 Å². The minimum absolute atomic E-state index is 0.124. The van der Waals surface area contributed by atoms with Gasteiger partial charge in [-0.15, -0.1) is 0 Å². The summed E-state index contributed by atoms with van der Waals surface area (Å²) in [5.74, 6) is -0.124. The maximum atomic E-state index is 13.3. The number of hydrogen-bond acceptors (Lipinski definition) is 1. The minimum Gasteiger partial charge on any atom is -0.314 e. The average molecular weight is 293 g/mol. The highest BCUT2D eigenvalue weighted by atomic mass is 19.1. The molecule has 0 aromatic heterocycles. The van der Waals surface area contributed by atoms with Gasteiger partial charge in [-0.3, -0.25) is 0 Å². The number of nitrogens with one attached hydrogen (secondary N) is 1. The van der Waals surface area contributed by atoms with Crippen LogP contribution in [0.5, 0.6) is 0 Å². The van der Waals surface area contributed by atoms with Gasteiger partial charge in [-0.05, 0) is 43.5 Å². The van der Waals surface area contributed by atoms with Crippen LogP contribution >= 0.6 is 0 Å². The van der Waals surface area contributed by atoms with Crippen LogP contribution in [0.1, 0.15) is 70.8 Å². The second-order valence-electron chi connectivity index (χ2n) is 6.04. The molecule has 0 saturated carbocycles. The molecule has 0 heterocycles. The van der Waals surface area contributed by atoms with Crippen molar-refractivity contribution < 1.29 is 4.39 Å². The average Bonchev–Trinajstić information content (AvgIpc) is 2.48. The van der Waals surface area contributed by atoms with Crippen molar-refractivity contribution in [2.45, 2.75) is 77.7 Å². The smallest absolute Gasteiger partial charge is 0.123 e. The lowest BCUT2D eigenvalue weighted by Crippen LogP contribution is -2.31. The third-order valence-electron chi connectivity index (χ3n) is 3.96. The Morgan fingerprint density at radius 1 is 1.00 bits per heavy atom. The molecule has 0 fully saturated rings. The van der Waals surface area contributed by atoms with Crippen LogP contribution in [-0.4, -0.2) is 12.6 Å². The number of hydrogen-bond donors (Lipinski definition) is 1. The van der Waals surface area contributed by atoms with Gasteiger partial charge in [0.05, 0.1) is 0 Å². The zero-order valence-electron chi connectivity index (χ0n) is 13.8. The lowest BCUT2D eigenvalue weighted by molar-refractivity contribution is 0.449. The van der Waals surface area contributed by atoms with Gasteiger partial charge in [0.1, 0.15) is 5.82 Å². The van der Waals surface area contributed by atoms with Gasteiger partial charge in [0, 0.05) is 6.04 Å². The molecule has 1 unspecified atom stereocenters. The van der Waals surface area contributed by atoms with Gasteiger partial charge < -0.3 is 5.32 Å². The minimum atomic E-state index is -0.124. The summed E-state index contributed by atoms with van der Waals surface area (Å²) in [5.41, 5.74) is 1.11. The first-order chi connectivity index (χ1) is 10.3. The highest BCUT2D eigenvalue weighted by Gasteiger charge is 2.09. The highest BCUT2D eigenvalue weighted by Crippen LogP contribution is 2.13. The molecule has 1 nitrogen and oxygen atoms in total. The first kappa shape index (κ1) is 18.2. The first-order valence-corrected chi connectivity index (χ1v) is 8.74. The number of halogens is 1. The molecule has 0 aliphatic heterocycles. The standard InChI is InChI=1S/C19H32FN/c1-3-5-6-7-8-9-13-19(21-14-4-2)16-17-11-10-12-18(20)15-17/h10-12,15,19,21H,3-9,13-14,16H2,1-2H3. The summed E-state index contributed by atoms with van der Waals surface area (Å²) in [5, 5.41) is 3.62. The molecule has 0 spiro atoms. The van der Waals surface area contributed by atoms with E-state index < -0.39 is 0 Å². The molecular weight excluding hydrogens is 261 g/mol. The Labute approximate surface area is 130 Å². The van der Waals surface area contributed by atoms with Crippen LogP contribution in [0.3, 0.4) is 0 Å². The Morgan fingerprint density at radius 2 is 1.76 bits per heavy atom. The Bertz CT molecular complexity index is 364. The molecule has 0 radical (unpaired) electrons. The SMILES string of the molecule is CCCCCCCCC(Cc1cccc(F)c1)NCCC. The molecule has 0 aliphatic carbocycles. The van der Waals surface area contributed by atoms with Gasteiger partial charge in [-0.2, -0.15) is 0 Å². The summed E-state index contributed by atoms with van der Waals surface area (Å²) >= 11 is 0. The summed E-state index contributed by atoms with van der Waals surface area (Å²) in [6.45, 7) is 5.50. The predicted molar refractivity (Wildman–Crippen MR) is 90.2 cm³/mol. The fraction of sp³-hybridized carbons (Fsp3) is 0.684. The largest absolute Gasteiger partial charge is 0.314 e. The maximum Gasteiger partial charge on any atom is 0.123 e. The summed E-state index contributed by atoms with van der Waals surface area (Å²) < 4.78 is 13.3. The van der Waals surface area contributed by atoms with E-state index in [1.807, 2.05) is 12.1 Å². The van der Waals surface area contributed by atoms with Crippen LogP contribution in [0.4, 0.5) is 4.39 Å². The molecular formula is C19H32FN. The van der Waals surface area contributed by atoms with Crippen molar-refractivity contribution >= 4 is 0 Å². The van der Waals surface area contributed by atoms with E-state index in [-0.39, 0.29) is 5.82 Å². The Kier molecular flexibility index (Phi) is 10.1. The molecule has 0 saturated heterocycles. The zero-order valence-corrected chi connectivity index (χ0v) is 13.8. The van der Waals surface area contributed by atoms with E-state index in [2.05, 4.69) is 19.2 Å². The molecule has 0 bridgehead atoms. The van der Waals surface area contributed by atoms with E-state index in [0.717, 1.165) is 24.9 Å². The second kappa shape index (κ2) is 11.7. The Morgan fingerprint density at radius 3 is 2.48 bits per heavy atom. The fourth-order valence-corrected chi connectivity index (χ4v) is 2.74. The quantitative estimate of drug-likeness (QED) is 0.503. The zero-order chi connectivity index (χ0) is 15.3. The molecule has 1 N–H and O–H groups in total. The van der Waals surface area contributed by atoms with Crippen molar-refractivity contribution in [3.63, 3.8) is 0 Å². The summed E-state index contributed by atoms with van der Waals surface area (Å²) in [7, 11) is 0. The van der Waals surface area contributed by atoms with Crippen molar-refractivity contribution in [1.29, 1.82) is 0 Å². The second-order valence-corrected chi connectivity index (χ2v) is 6.04. The van der Waals surface area contributed by atoms with Crippen LogP contribution in [0.25, 0.3) is 0 Å². The molecule has 1 atom stereocenters. The lowest BCUT2D eigenvalue weighted by Gasteiger charge is -2.18. The summed E-state index contributed by atoms with van der Waals surface area (Å²) in [6.07, 6.45) is 11.3. The van der Waals surface area contributed by atoms with Crippen LogP contribution in [0.2, 0.25) is 0 Å².